The van der Waals surface area contributed by atoms with E-state index in [-0.39, 0.29) is 0 Å². The predicted octanol–water partition coefficient (Wildman–Crippen LogP) is 1.94. The lowest BCUT2D eigenvalue weighted by molar-refractivity contribution is -0.109. The third kappa shape index (κ3) is 2.36. The van der Waals surface area contributed by atoms with Gasteiger partial charge in [-0.2, -0.15) is 5.10 Å². The maximum atomic E-state index is 10.2. The lowest BCUT2D eigenvalue weighted by Crippen LogP contribution is -2.09. The van der Waals surface area contributed by atoms with Crippen LogP contribution in [0.2, 0.25) is 0 Å². The van der Waals surface area contributed by atoms with E-state index >= 15 is 0 Å². The maximum absolute atomic E-state index is 10.2. The lowest BCUT2D eigenvalue weighted by Gasteiger charge is -2.04. The SMILES string of the molecule is Cc1n[nH]c(C)c1-c1ccc(CNC=O)cc1. The van der Waals surface area contributed by atoms with Gasteiger partial charge in [-0.25, -0.2) is 0 Å². The number of carbonyl (C=O) groups is 1. The zero-order valence-corrected chi connectivity index (χ0v) is 9.95. The van der Waals surface area contributed by atoms with E-state index in [1.807, 2.05) is 38.1 Å². The van der Waals surface area contributed by atoms with Crippen molar-refractivity contribution < 1.29 is 4.79 Å². The van der Waals surface area contributed by atoms with Crippen molar-refractivity contribution in [3.63, 3.8) is 0 Å². The van der Waals surface area contributed by atoms with Gasteiger partial charge in [0.15, 0.2) is 0 Å². The molecule has 0 bridgehead atoms. The van der Waals surface area contributed by atoms with Crippen LogP contribution in [0.5, 0.6) is 0 Å². The largest absolute Gasteiger partial charge is 0.355 e. The zero-order valence-electron chi connectivity index (χ0n) is 9.95. The molecule has 2 aromatic rings. The van der Waals surface area contributed by atoms with Gasteiger partial charge in [-0.1, -0.05) is 24.3 Å². The van der Waals surface area contributed by atoms with Crippen molar-refractivity contribution in [2.75, 3.05) is 0 Å². The summed E-state index contributed by atoms with van der Waals surface area (Å²) in [5.41, 5.74) is 5.45. The van der Waals surface area contributed by atoms with Gasteiger partial charge in [0.25, 0.3) is 0 Å². The number of rotatable bonds is 4. The van der Waals surface area contributed by atoms with Crippen LogP contribution in [-0.2, 0) is 11.3 Å². The van der Waals surface area contributed by atoms with Gasteiger partial charge in [0.05, 0.1) is 5.69 Å². The summed E-state index contributed by atoms with van der Waals surface area (Å²) in [6, 6.07) is 8.12. The maximum Gasteiger partial charge on any atom is 0.207 e. The molecule has 0 spiro atoms. The van der Waals surface area contributed by atoms with E-state index in [2.05, 4.69) is 15.5 Å². The van der Waals surface area contributed by atoms with Crippen LogP contribution >= 0.6 is 0 Å². The minimum absolute atomic E-state index is 0.563. The van der Waals surface area contributed by atoms with E-state index in [1.165, 1.54) is 0 Å². The number of benzene rings is 1. The van der Waals surface area contributed by atoms with Crippen molar-refractivity contribution in [1.82, 2.24) is 15.5 Å². The summed E-state index contributed by atoms with van der Waals surface area (Å²) < 4.78 is 0. The van der Waals surface area contributed by atoms with Crippen LogP contribution in [0, 0.1) is 13.8 Å². The number of carbonyl (C=O) groups excluding carboxylic acids is 1. The van der Waals surface area contributed by atoms with Gasteiger partial charge in [0.1, 0.15) is 0 Å². The molecule has 1 amide bonds. The molecule has 0 radical (unpaired) electrons. The number of nitrogens with one attached hydrogen (secondary N) is 2. The van der Waals surface area contributed by atoms with Gasteiger partial charge in [-0.05, 0) is 25.0 Å². The Morgan fingerprint density at radius 2 is 2.00 bits per heavy atom. The van der Waals surface area contributed by atoms with Gasteiger partial charge in [-0.3, -0.25) is 9.89 Å². The second-order valence-electron chi connectivity index (χ2n) is 4.00. The van der Waals surface area contributed by atoms with Crippen LogP contribution in [0.25, 0.3) is 11.1 Å². The molecule has 1 aromatic heterocycles. The fourth-order valence-corrected chi connectivity index (χ4v) is 1.93. The van der Waals surface area contributed by atoms with E-state index in [1.54, 1.807) is 0 Å². The molecule has 0 saturated carbocycles. The highest BCUT2D eigenvalue weighted by molar-refractivity contribution is 5.68. The summed E-state index contributed by atoms with van der Waals surface area (Å²) in [6.07, 6.45) is 0.707. The summed E-state index contributed by atoms with van der Waals surface area (Å²) in [5, 5.41) is 9.80. The summed E-state index contributed by atoms with van der Waals surface area (Å²) in [7, 11) is 0. The van der Waals surface area contributed by atoms with Crippen LogP contribution in [0.3, 0.4) is 0 Å². The molecule has 1 aromatic carbocycles. The van der Waals surface area contributed by atoms with Gasteiger partial charge >= 0.3 is 0 Å². The smallest absolute Gasteiger partial charge is 0.207 e. The van der Waals surface area contributed by atoms with E-state index in [0.717, 1.165) is 28.1 Å². The van der Waals surface area contributed by atoms with Crippen molar-refractivity contribution in [2.24, 2.45) is 0 Å². The van der Waals surface area contributed by atoms with Crippen molar-refractivity contribution in [1.29, 1.82) is 0 Å². The summed E-state index contributed by atoms with van der Waals surface area (Å²) in [5.74, 6) is 0. The monoisotopic (exact) mass is 229 g/mol. The van der Waals surface area contributed by atoms with E-state index in [4.69, 9.17) is 0 Å². The van der Waals surface area contributed by atoms with Gasteiger partial charge in [-0.15, -0.1) is 0 Å². The average molecular weight is 229 g/mol. The van der Waals surface area contributed by atoms with Crippen molar-refractivity contribution >= 4 is 6.41 Å². The highest BCUT2D eigenvalue weighted by Gasteiger charge is 2.08. The minimum atomic E-state index is 0.563. The first-order valence-corrected chi connectivity index (χ1v) is 5.50. The van der Waals surface area contributed by atoms with Crippen LogP contribution in [0.15, 0.2) is 24.3 Å². The van der Waals surface area contributed by atoms with Gasteiger partial charge in [0, 0.05) is 17.8 Å². The normalized spacial score (nSPS) is 10.2. The number of aryl methyl sites for hydroxylation is 2. The summed E-state index contributed by atoms with van der Waals surface area (Å²) in [4.78, 5) is 10.2. The molecular formula is C13H15N3O. The second-order valence-corrected chi connectivity index (χ2v) is 4.00. The molecule has 4 heteroatoms. The standard InChI is InChI=1S/C13H15N3O/c1-9-13(10(2)16-15-9)12-5-3-11(4-6-12)7-14-8-17/h3-6,8H,7H2,1-2H3,(H,14,17)(H,15,16). The molecule has 0 atom stereocenters. The van der Waals surface area contributed by atoms with Crippen LogP contribution < -0.4 is 5.32 Å². The second kappa shape index (κ2) is 4.82. The Balaban J connectivity index is 2.26. The third-order valence-corrected chi connectivity index (χ3v) is 2.76. The van der Waals surface area contributed by atoms with E-state index in [0.29, 0.717) is 13.0 Å². The van der Waals surface area contributed by atoms with Gasteiger partial charge < -0.3 is 5.32 Å². The Morgan fingerprint density at radius 3 is 2.53 bits per heavy atom. The van der Waals surface area contributed by atoms with Crippen LogP contribution in [-0.4, -0.2) is 16.6 Å². The molecule has 1 heterocycles. The fourth-order valence-electron chi connectivity index (χ4n) is 1.93. The number of aromatic amines is 1. The number of hydrogen-bond acceptors (Lipinski definition) is 2. The first-order chi connectivity index (χ1) is 8.22. The Kier molecular flexibility index (Phi) is 3.23. The van der Waals surface area contributed by atoms with Gasteiger partial charge in [0.2, 0.25) is 6.41 Å². The fraction of sp³-hybridized carbons (Fsp3) is 0.231. The number of hydrogen-bond donors (Lipinski definition) is 2. The molecule has 4 nitrogen and oxygen atoms in total. The minimum Gasteiger partial charge on any atom is -0.355 e. The van der Waals surface area contributed by atoms with Crippen LogP contribution in [0.1, 0.15) is 17.0 Å². The molecule has 17 heavy (non-hydrogen) atoms. The predicted molar refractivity (Wildman–Crippen MR) is 66.4 cm³/mol. The molecular weight excluding hydrogens is 214 g/mol. The number of H-pyrrole nitrogens is 1. The quantitative estimate of drug-likeness (QED) is 0.787. The molecule has 0 fully saturated rings. The molecule has 0 saturated heterocycles. The number of nitrogens with zero attached hydrogens (tertiary/aromatic N) is 1. The molecule has 0 aliphatic heterocycles. The molecule has 88 valence electrons. The molecule has 2 N–H and O–H groups in total. The van der Waals surface area contributed by atoms with Crippen molar-refractivity contribution in [3.05, 3.63) is 41.2 Å². The Labute approximate surface area is 100 Å². The number of amides is 1. The molecule has 0 aliphatic carbocycles. The Bertz CT molecular complexity index is 494. The average Bonchev–Trinajstić information content (AvgIpc) is 2.67. The zero-order chi connectivity index (χ0) is 12.3. The van der Waals surface area contributed by atoms with Crippen LogP contribution in [0.4, 0.5) is 0 Å². The Morgan fingerprint density at radius 1 is 1.29 bits per heavy atom. The Hall–Kier alpha value is -2.10. The molecule has 0 aliphatic rings. The van der Waals surface area contributed by atoms with E-state index in [9.17, 15) is 4.79 Å². The van der Waals surface area contributed by atoms with Crippen molar-refractivity contribution in [3.8, 4) is 11.1 Å². The first kappa shape index (κ1) is 11.4. The highest BCUT2D eigenvalue weighted by Crippen LogP contribution is 2.25. The summed E-state index contributed by atoms with van der Waals surface area (Å²) in [6.45, 7) is 4.56. The van der Waals surface area contributed by atoms with E-state index < -0.39 is 0 Å². The lowest BCUT2D eigenvalue weighted by atomic mass is 10.0. The third-order valence-electron chi connectivity index (χ3n) is 2.76. The summed E-state index contributed by atoms with van der Waals surface area (Å²) >= 11 is 0. The molecule has 0 unspecified atom stereocenters. The number of aromatic nitrogens is 2. The van der Waals surface area contributed by atoms with Crippen molar-refractivity contribution in [2.45, 2.75) is 20.4 Å². The highest BCUT2D eigenvalue weighted by atomic mass is 16.1. The topological polar surface area (TPSA) is 57.8 Å². The first-order valence-electron chi connectivity index (χ1n) is 5.50. The molecule has 2 rings (SSSR count).